The summed E-state index contributed by atoms with van der Waals surface area (Å²) in [5, 5.41) is 0. The fourth-order valence-corrected chi connectivity index (χ4v) is 2.34. The van der Waals surface area contributed by atoms with Crippen molar-refractivity contribution in [3.8, 4) is 0 Å². The van der Waals surface area contributed by atoms with Crippen molar-refractivity contribution in [3.05, 3.63) is 33.2 Å². The van der Waals surface area contributed by atoms with Crippen molar-refractivity contribution >= 4 is 0 Å². The Morgan fingerprint density at radius 1 is 1.35 bits per heavy atom. The second-order valence-electron chi connectivity index (χ2n) is 5.31. The quantitative estimate of drug-likeness (QED) is 0.703. The van der Waals surface area contributed by atoms with E-state index < -0.39 is 0 Å². The van der Waals surface area contributed by atoms with Gasteiger partial charge in [0, 0.05) is 11.3 Å². The molecular formula is C14H24N2O. The molecule has 0 atom stereocenters. The number of fused-ring (bicyclic) bond motifs is 1. The van der Waals surface area contributed by atoms with E-state index in [9.17, 15) is 4.79 Å². The second kappa shape index (κ2) is 4.94. The molecule has 0 amide bonds. The monoisotopic (exact) mass is 236 g/mol. The van der Waals surface area contributed by atoms with Gasteiger partial charge in [0.1, 0.15) is 0 Å². The van der Waals surface area contributed by atoms with Crippen molar-refractivity contribution in [2.75, 3.05) is 5.84 Å². The third kappa shape index (κ3) is 2.71. The first kappa shape index (κ1) is 13.8. The smallest absolute Gasteiger partial charge is 0.272 e. The number of pyridine rings is 1. The van der Waals surface area contributed by atoms with Gasteiger partial charge in [0.05, 0.1) is 0 Å². The van der Waals surface area contributed by atoms with E-state index in [-0.39, 0.29) is 5.56 Å². The summed E-state index contributed by atoms with van der Waals surface area (Å²) in [4.78, 5) is 11.9. The average molecular weight is 236 g/mol. The predicted molar refractivity (Wildman–Crippen MR) is 72.7 cm³/mol. The molecule has 0 spiro atoms. The summed E-state index contributed by atoms with van der Waals surface area (Å²) in [5.74, 6) is 5.68. The summed E-state index contributed by atoms with van der Waals surface area (Å²) in [6.07, 6.45) is 2.91. The molecule has 2 rings (SSSR count). The molecule has 1 aliphatic rings. The van der Waals surface area contributed by atoms with Crippen molar-refractivity contribution < 1.29 is 0 Å². The van der Waals surface area contributed by atoms with Gasteiger partial charge >= 0.3 is 0 Å². The third-order valence-corrected chi connectivity index (χ3v) is 3.35. The van der Waals surface area contributed by atoms with Gasteiger partial charge in [-0.2, -0.15) is 0 Å². The maximum atomic E-state index is 11.9. The Labute approximate surface area is 104 Å². The number of rotatable bonds is 0. The SMILES string of the molecule is CC.Cc1cc2c(c(=O)n1N)CCC(C)(C)C2. The average Bonchev–Trinajstić information content (AvgIpc) is 2.27. The zero-order valence-corrected chi connectivity index (χ0v) is 11.6. The van der Waals surface area contributed by atoms with Crippen LogP contribution in [0.4, 0.5) is 0 Å². The number of nitrogen functional groups attached to an aromatic ring is 1. The molecule has 1 aromatic heterocycles. The largest absolute Gasteiger partial charge is 0.336 e. The lowest BCUT2D eigenvalue weighted by atomic mass is 9.75. The molecule has 0 fully saturated rings. The van der Waals surface area contributed by atoms with Crippen LogP contribution >= 0.6 is 0 Å². The Kier molecular flexibility index (Phi) is 4.02. The summed E-state index contributed by atoms with van der Waals surface area (Å²) in [5.41, 5.74) is 3.25. The zero-order valence-electron chi connectivity index (χ0n) is 11.6. The zero-order chi connectivity index (χ0) is 13.2. The lowest BCUT2D eigenvalue weighted by molar-refractivity contribution is 0.313. The Balaban J connectivity index is 0.000000686. The molecule has 96 valence electrons. The van der Waals surface area contributed by atoms with Crippen LogP contribution in [-0.2, 0) is 12.8 Å². The maximum Gasteiger partial charge on any atom is 0.272 e. The Morgan fingerprint density at radius 2 is 1.94 bits per heavy atom. The molecule has 17 heavy (non-hydrogen) atoms. The third-order valence-electron chi connectivity index (χ3n) is 3.35. The summed E-state index contributed by atoms with van der Waals surface area (Å²) in [6.45, 7) is 10.4. The van der Waals surface area contributed by atoms with E-state index in [2.05, 4.69) is 19.9 Å². The van der Waals surface area contributed by atoms with E-state index in [1.165, 1.54) is 10.2 Å². The van der Waals surface area contributed by atoms with E-state index in [1.807, 2.05) is 20.8 Å². The van der Waals surface area contributed by atoms with Crippen LogP contribution in [0.25, 0.3) is 0 Å². The van der Waals surface area contributed by atoms with Gasteiger partial charge in [0.15, 0.2) is 0 Å². The Bertz CT molecular complexity index is 458. The highest BCUT2D eigenvalue weighted by molar-refractivity contribution is 5.31. The molecule has 0 unspecified atom stereocenters. The molecule has 3 nitrogen and oxygen atoms in total. The number of nitrogens with two attached hydrogens (primary N) is 1. The first-order valence-corrected chi connectivity index (χ1v) is 6.40. The van der Waals surface area contributed by atoms with Crippen LogP contribution < -0.4 is 11.4 Å². The first-order chi connectivity index (χ1) is 7.91. The highest BCUT2D eigenvalue weighted by atomic mass is 16.1. The molecule has 2 N–H and O–H groups in total. The molecule has 1 aromatic rings. The molecule has 0 aliphatic heterocycles. The number of aromatic nitrogens is 1. The van der Waals surface area contributed by atoms with Gasteiger partial charge in [-0.15, -0.1) is 0 Å². The van der Waals surface area contributed by atoms with Gasteiger partial charge in [0.25, 0.3) is 5.56 Å². The van der Waals surface area contributed by atoms with Gasteiger partial charge in [-0.3, -0.25) is 4.79 Å². The van der Waals surface area contributed by atoms with E-state index in [4.69, 9.17) is 5.84 Å². The summed E-state index contributed by atoms with van der Waals surface area (Å²) >= 11 is 0. The number of aryl methyl sites for hydroxylation is 1. The van der Waals surface area contributed by atoms with Crippen molar-refractivity contribution in [3.63, 3.8) is 0 Å². The van der Waals surface area contributed by atoms with Gasteiger partial charge in [-0.1, -0.05) is 27.7 Å². The fraction of sp³-hybridized carbons (Fsp3) is 0.643. The highest BCUT2D eigenvalue weighted by Gasteiger charge is 2.27. The highest BCUT2D eigenvalue weighted by Crippen LogP contribution is 2.33. The van der Waals surface area contributed by atoms with E-state index in [0.29, 0.717) is 5.41 Å². The minimum Gasteiger partial charge on any atom is -0.336 e. The standard InChI is InChI=1S/C12H18N2O.C2H6/c1-8-6-9-7-12(2,3)5-4-10(9)11(15)14(8)13;1-2/h6H,4-5,7,13H2,1-3H3;1-2H3. The van der Waals surface area contributed by atoms with Crippen LogP contribution in [0.1, 0.15) is 50.9 Å². The minimum absolute atomic E-state index is 0.0134. The lowest BCUT2D eigenvalue weighted by Gasteiger charge is -2.31. The summed E-state index contributed by atoms with van der Waals surface area (Å²) in [7, 11) is 0. The number of hydrogen-bond acceptors (Lipinski definition) is 2. The van der Waals surface area contributed by atoms with Crippen LogP contribution in [0.5, 0.6) is 0 Å². The predicted octanol–water partition coefficient (Wildman–Crippen LogP) is 2.41. The van der Waals surface area contributed by atoms with Gasteiger partial charge < -0.3 is 5.84 Å². The van der Waals surface area contributed by atoms with Crippen molar-refractivity contribution in [1.82, 2.24) is 4.68 Å². The van der Waals surface area contributed by atoms with Crippen LogP contribution in [0.3, 0.4) is 0 Å². The molecule has 0 aromatic carbocycles. The van der Waals surface area contributed by atoms with Gasteiger partial charge in [-0.25, -0.2) is 4.68 Å². The van der Waals surface area contributed by atoms with Crippen molar-refractivity contribution in [2.24, 2.45) is 5.41 Å². The maximum absolute atomic E-state index is 11.9. The molecule has 3 heteroatoms. The summed E-state index contributed by atoms with van der Waals surface area (Å²) in [6, 6.07) is 2.05. The van der Waals surface area contributed by atoms with Crippen molar-refractivity contribution in [1.29, 1.82) is 0 Å². The normalized spacial score (nSPS) is 16.8. The molecule has 0 radical (unpaired) electrons. The molecule has 0 saturated carbocycles. The van der Waals surface area contributed by atoms with Gasteiger partial charge in [0.2, 0.25) is 0 Å². The van der Waals surface area contributed by atoms with E-state index in [1.54, 1.807) is 0 Å². The Morgan fingerprint density at radius 3 is 2.53 bits per heavy atom. The molecular weight excluding hydrogens is 212 g/mol. The molecule has 1 aliphatic carbocycles. The fourth-order valence-electron chi connectivity index (χ4n) is 2.34. The van der Waals surface area contributed by atoms with Crippen molar-refractivity contribution in [2.45, 2.75) is 53.9 Å². The van der Waals surface area contributed by atoms with Crippen LogP contribution in [0.15, 0.2) is 10.9 Å². The molecule has 0 bridgehead atoms. The topological polar surface area (TPSA) is 48.0 Å². The van der Waals surface area contributed by atoms with E-state index in [0.717, 1.165) is 30.5 Å². The lowest BCUT2D eigenvalue weighted by Crippen LogP contribution is -2.36. The molecule has 1 heterocycles. The van der Waals surface area contributed by atoms with Gasteiger partial charge in [-0.05, 0) is 43.2 Å². The Hall–Kier alpha value is -1.25. The second-order valence-corrected chi connectivity index (χ2v) is 5.31. The van der Waals surface area contributed by atoms with Crippen LogP contribution in [0, 0.1) is 12.3 Å². The van der Waals surface area contributed by atoms with E-state index >= 15 is 0 Å². The minimum atomic E-state index is -0.0134. The summed E-state index contributed by atoms with van der Waals surface area (Å²) < 4.78 is 1.26. The number of nitrogens with zero attached hydrogens (tertiary/aromatic N) is 1. The first-order valence-electron chi connectivity index (χ1n) is 6.40. The van der Waals surface area contributed by atoms with Crippen LogP contribution in [0.2, 0.25) is 0 Å². The number of hydrogen-bond donors (Lipinski definition) is 1. The molecule has 0 saturated heterocycles. The van der Waals surface area contributed by atoms with Crippen LogP contribution in [-0.4, -0.2) is 4.68 Å².